The summed E-state index contributed by atoms with van der Waals surface area (Å²) in [6.07, 6.45) is 7.07. The molecule has 4 rings (SSSR count). The predicted octanol–water partition coefficient (Wildman–Crippen LogP) is 4.45. The van der Waals surface area contributed by atoms with Gasteiger partial charge in [-0.2, -0.15) is 0 Å². The summed E-state index contributed by atoms with van der Waals surface area (Å²) in [5.74, 6) is -0.290. The third-order valence-electron chi connectivity index (χ3n) is 9.30. The fourth-order valence-electron chi connectivity index (χ4n) is 6.80. The van der Waals surface area contributed by atoms with Crippen LogP contribution in [0.5, 0.6) is 0 Å². The number of nitrogens with one attached hydrogen (secondary N) is 2. The minimum Gasteiger partial charge on any atom is -0.377 e. The van der Waals surface area contributed by atoms with Crippen molar-refractivity contribution >= 4 is 29.4 Å². The van der Waals surface area contributed by atoms with E-state index >= 15 is 0 Å². The number of amides is 2. The minimum absolute atomic E-state index is 0.114. The van der Waals surface area contributed by atoms with Crippen molar-refractivity contribution in [2.24, 2.45) is 11.8 Å². The summed E-state index contributed by atoms with van der Waals surface area (Å²) in [5, 5.41) is 6.51. The number of benzene rings is 2. The molecule has 4 atom stereocenters. The molecule has 2 saturated heterocycles. The molecule has 0 unspecified atom stereocenters. The molecule has 2 aromatic rings. The minimum atomic E-state index is -0.581. The standard InChI is InChI=1S/C37H53N5O3/c1-7-30-22-28(17-18-32(30)41(5)6)24-39-36(44)33-23-29(21-27-15-13-26(2)14-16-27)25-42(33)37(45)35-31(11-10-19-38-35)34(43)12-8-9-20-40(3)4/h7,13-18,22,29,31,33,35,38H,1,8-12,19-21,23-25H2,2-6H3,(H,39,44)/t29-,31-,33+,35-/m1/s1. The van der Waals surface area contributed by atoms with E-state index in [1.54, 1.807) is 4.90 Å². The molecule has 2 fully saturated rings. The molecule has 8 nitrogen and oxygen atoms in total. The number of aryl methyl sites for hydroxylation is 1. The molecule has 0 spiro atoms. The average molecular weight is 616 g/mol. The van der Waals surface area contributed by atoms with Gasteiger partial charge in [-0.3, -0.25) is 14.4 Å². The van der Waals surface area contributed by atoms with Crippen molar-refractivity contribution < 1.29 is 14.4 Å². The third kappa shape index (κ3) is 9.27. The Balaban J connectivity index is 1.49. The molecule has 2 aromatic carbocycles. The van der Waals surface area contributed by atoms with Crippen molar-refractivity contribution in [2.45, 2.75) is 70.5 Å². The van der Waals surface area contributed by atoms with Crippen LogP contribution >= 0.6 is 0 Å². The highest BCUT2D eigenvalue weighted by molar-refractivity contribution is 5.94. The van der Waals surface area contributed by atoms with E-state index in [1.807, 2.05) is 57.4 Å². The molecule has 0 aliphatic carbocycles. The normalized spacial score (nSPS) is 21.5. The molecule has 244 valence electrons. The third-order valence-corrected chi connectivity index (χ3v) is 9.30. The Labute approximate surface area is 270 Å². The molecule has 8 heteroatoms. The lowest BCUT2D eigenvalue weighted by atomic mass is 9.84. The Hall–Kier alpha value is -3.49. The number of carbonyl (C=O) groups excluding carboxylic acids is 3. The number of nitrogens with zero attached hydrogens (tertiary/aromatic N) is 3. The zero-order valence-corrected chi connectivity index (χ0v) is 28.0. The van der Waals surface area contributed by atoms with Gasteiger partial charge in [0, 0.05) is 45.2 Å². The molecule has 2 aliphatic heterocycles. The van der Waals surface area contributed by atoms with Crippen LogP contribution in [0.15, 0.2) is 49.0 Å². The number of carbonyl (C=O) groups is 3. The number of anilines is 1. The van der Waals surface area contributed by atoms with Crippen molar-refractivity contribution in [1.29, 1.82) is 0 Å². The van der Waals surface area contributed by atoms with Crippen LogP contribution < -0.4 is 15.5 Å². The first-order valence-electron chi connectivity index (χ1n) is 16.5. The summed E-state index contributed by atoms with van der Waals surface area (Å²) in [6.45, 7) is 8.54. The monoisotopic (exact) mass is 615 g/mol. The summed E-state index contributed by atoms with van der Waals surface area (Å²) in [4.78, 5) is 47.4. The van der Waals surface area contributed by atoms with E-state index in [2.05, 4.69) is 53.3 Å². The second kappa shape index (κ2) is 16.2. The smallest absolute Gasteiger partial charge is 0.243 e. The maximum Gasteiger partial charge on any atom is 0.243 e. The summed E-state index contributed by atoms with van der Waals surface area (Å²) >= 11 is 0. The number of piperidine rings is 1. The maximum atomic E-state index is 14.3. The lowest BCUT2D eigenvalue weighted by Gasteiger charge is -2.35. The zero-order chi connectivity index (χ0) is 32.5. The Morgan fingerprint density at radius 3 is 2.47 bits per heavy atom. The number of hydrogen-bond acceptors (Lipinski definition) is 6. The van der Waals surface area contributed by atoms with E-state index in [-0.39, 0.29) is 29.4 Å². The van der Waals surface area contributed by atoms with Crippen molar-refractivity contribution in [2.75, 3.05) is 52.7 Å². The van der Waals surface area contributed by atoms with Crippen LogP contribution in [0.4, 0.5) is 5.69 Å². The topological polar surface area (TPSA) is 85.0 Å². The lowest BCUT2D eigenvalue weighted by molar-refractivity contribution is -0.143. The fraction of sp³-hybridized carbons (Fsp3) is 0.541. The summed E-state index contributed by atoms with van der Waals surface area (Å²) < 4.78 is 0. The highest BCUT2D eigenvalue weighted by atomic mass is 16.2. The van der Waals surface area contributed by atoms with Crippen LogP contribution in [0.2, 0.25) is 0 Å². The van der Waals surface area contributed by atoms with E-state index in [0.717, 1.165) is 49.0 Å². The van der Waals surface area contributed by atoms with Gasteiger partial charge in [-0.15, -0.1) is 0 Å². The van der Waals surface area contributed by atoms with Crippen LogP contribution in [-0.4, -0.2) is 87.3 Å². The Bertz CT molecular complexity index is 1320. The van der Waals surface area contributed by atoms with Crippen LogP contribution in [0, 0.1) is 18.8 Å². The van der Waals surface area contributed by atoms with Gasteiger partial charge < -0.3 is 25.3 Å². The van der Waals surface area contributed by atoms with Gasteiger partial charge in [-0.05, 0) is 107 Å². The SMILES string of the molecule is C=Cc1cc(CNC(=O)[C@@H]2C[C@@H](Cc3ccc(C)cc3)CN2C(=O)[C@@H]2NCCC[C@@H]2C(=O)CCCCN(C)C)ccc1N(C)C. The largest absolute Gasteiger partial charge is 0.377 e. The van der Waals surface area contributed by atoms with Crippen LogP contribution in [0.3, 0.4) is 0 Å². The second-order valence-electron chi connectivity index (χ2n) is 13.4. The molecular formula is C37H53N5O3. The molecule has 0 radical (unpaired) electrons. The molecule has 2 heterocycles. The first kappa shape index (κ1) is 34.4. The van der Waals surface area contributed by atoms with Crippen LogP contribution in [0.1, 0.15) is 60.8 Å². The Morgan fingerprint density at radius 1 is 1.04 bits per heavy atom. The van der Waals surface area contributed by atoms with Gasteiger partial charge in [0.2, 0.25) is 11.8 Å². The summed E-state index contributed by atoms with van der Waals surface area (Å²) in [6, 6.07) is 13.4. The highest BCUT2D eigenvalue weighted by Gasteiger charge is 2.45. The highest BCUT2D eigenvalue weighted by Crippen LogP contribution is 2.31. The molecule has 2 aliphatic rings. The quantitative estimate of drug-likeness (QED) is 0.306. The van der Waals surface area contributed by atoms with Crippen molar-refractivity contribution in [3.63, 3.8) is 0 Å². The number of unbranched alkanes of at least 4 members (excludes halogenated alkanes) is 1. The van der Waals surface area contributed by atoms with E-state index in [0.29, 0.717) is 38.9 Å². The molecule has 45 heavy (non-hydrogen) atoms. The number of likely N-dealkylation sites (tertiary alicyclic amines) is 1. The van der Waals surface area contributed by atoms with E-state index in [1.165, 1.54) is 11.1 Å². The van der Waals surface area contributed by atoms with Crippen LogP contribution in [0.25, 0.3) is 6.08 Å². The van der Waals surface area contributed by atoms with Crippen molar-refractivity contribution in [1.82, 2.24) is 20.4 Å². The number of ketones is 1. The predicted molar refractivity (Wildman–Crippen MR) is 183 cm³/mol. The van der Waals surface area contributed by atoms with Crippen molar-refractivity contribution in [3.05, 3.63) is 71.3 Å². The van der Waals surface area contributed by atoms with Gasteiger partial charge in [0.05, 0.1) is 6.04 Å². The van der Waals surface area contributed by atoms with Gasteiger partial charge in [0.25, 0.3) is 0 Å². The number of Topliss-reactive ketones (excluding diaryl/α,β-unsaturated/α-hetero) is 1. The molecule has 0 aromatic heterocycles. The lowest BCUT2D eigenvalue weighted by Crippen LogP contribution is -2.57. The molecule has 2 amide bonds. The molecule has 2 N–H and O–H groups in total. The van der Waals surface area contributed by atoms with Crippen molar-refractivity contribution in [3.8, 4) is 0 Å². The van der Waals surface area contributed by atoms with Gasteiger partial charge in [0.15, 0.2) is 0 Å². The van der Waals surface area contributed by atoms with E-state index in [4.69, 9.17) is 0 Å². The Morgan fingerprint density at radius 2 is 1.78 bits per heavy atom. The molecule has 0 bridgehead atoms. The van der Waals surface area contributed by atoms with Gasteiger partial charge in [-0.1, -0.05) is 48.6 Å². The average Bonchev–Trinajstić information content (AvgIpc) is 3.46. The van der Waals surface area contributed by atoms with E-state index in [9.17, 15) is 14.4 Å². The molecule has 0 saturated carbocycles. The molecular weight excluding hydrogens is 562 g/mol. The zero-order valence-electron chi connectivity index (χ0n) is 28.0. The summed E-state index contributed by atoms with van der Waals surface area (Å²) in [5.41, 5.74) is 5.46. The maximum absolute atomic E-state index is 14.3. The Kier molecular flexibility index (Phi) is 12.4. The van der Waals surface area contributed by atoms with Gasteiger partial charge >= 0.3 is 0 Å². The summed E-state index contributed by atoms with van der Waals surface area (Å²) in [7, 11) is 8.06. The van der Waals surface area contributed by atoms with E-state index < -0.39 is 12.1 Å². The van der Waals surface area contributed by atoms with Gasteiger partial charge in [-0.25, -0.2) is 0 Å². The first-order chi connectivity index (χ1) is 21.6. The van der Waals surface area contributed by atoms with Crippen LogP contribution in [-0.2, 0) is 27.3 Å². The number of hydrogen-bond donors (Lipinski definition) is 2. The first-order valence-corrected chi connectivity index (χ1v) is 16.5. The fourth-order valence-corrected chi connectivity index (χ4v) is 6.80. The van der Waals surface area contributed by atoms with Gasteiger partial charge in [0.1, 0.15) is 11.8 Å². The number of rotatable bonds is 14. The second-order valence-corrected chi connectivity index (χ2v) is 13.4.